The van der Waals surface area contributed by atoms with Gasteiger partial charge >= 0.3 is 5.97 Å². The van der Waals surface area contributed by atoms with Crippen molar-refractivity contribution in [2.45, 2.75) is 20.0 Å². The Morgan fingerprint density at radius 1 is 1.19 bits per heavy atom. The molecule has 1 aromatic carbocycles. The highest BCUT2D eigenvalue weighted by atomic mass is 16.5. The van der Waals surface area contributed by atoms with Crippen LogP contribution >= 0.6 is 0 Å². The van der Waals surface area contributed by atoms with Gasteiger partial charge in [0.2, 0.25) is 5.91 Å². The summed E-state index contributed by atoms with van der Waals surface area (Å²) in [7, 11) is 0. The molecule has 0 aliphatic heterocycles. The van der Waals surface area contributed by atoms with E-state index in [0.717, 1.165) is 0 Å². The summed E-state index contributed by atoms with van der Waals surface area (Å²) < 4.78 is 5.47. The molecule has 0 aromatic heterocycles. The fourth-order valence-electron chi connectivity index (χ4n) is 1.48. The summed E-state index contributed by atoms with van der Waals surface area (Å²) >= 11 is 0. The summed E-state index contributed by atoms with van der Waals surface area (Å²) in [6.45, 7) is 2.98. The van der Waals surface area contributed by atoms with Crippen molar-refractivity contribution in [2.24, 2.45) is 0 Å². The third-order valence-corrected chi connectivity index (χ3v) is 2.31. The lowest BCUT2D eigenvalue weighted by atomic mass is 10.2. The number of carboxylic acids is 1. The van der Waals surface area contributed by atoms with Gasteiger partial charge in [-0.1, -0.05) is 6.07 Å². The van der Waals surface area contributed by atoms with E-state index in [1.54, 1.807) is 24.3 Å². The molecule has 0 spiro atoms. The minimum atomic E-state index is -1.15. The molecule has 114 valence electrons. The number of amides is 2. The fourth-order valence-corrected chi connectivity index (χ4v) is 1.48. The molecular weight excluding hydrogens is 276 g/mol. The monoisotopic (exact) mass is 294 g/mol. The standard InChI is InChI=1S/C14H18N2O5/c1-9(2)21-11-5-3-4-10(6-11)14(20)16-7-12(17)15-8-13(18)19/h3-6,9H,7-8H2,1-2H3,(H,15,17)(H,16,20)(H,18,19). The van der Waals surface area contributed by atoms with Gasteiger partial charge in [-0.3, -0.25) is 14.4 Å². The van der Waals surface area contributed by atoms with Gasteiger partial charge in [0.1, 0.15) is 12.3 Å². The predicted molar refractivity (Wildman–Crippen MR) is 75.2 cm³/mol. The van der Waals surface area contributed by atoms with Gasteiger partial charge in [-0.05, 0) is 32.0 Å². The fraction of sp³-hybridized carbons (Fsp3) is 0.357. The van der Waals surface area contributed by atoms with Gasteiger partial charge in [0, 0.05) is 5.56 Å². The van der Waals surface area contributed by atoms with Crippen molar-refractivity contribution < 1.29 is 24.2 Å². The number of aliphatic carboxylic acids is 1. The van der Waals surface area contributed by atoms with Crippen LogP contribution in [0.25, 0.3) is 0 Å². The van der Waals surface area contributed by atoms with Crippen LogP contribution in [0.1, 0.15) is 24.2 Å². The van der Waals surface area contributed by atoms with Gasteiger partial charge in [0.25, 0.3) is 5.91 Å². The molecule has 1 rings (SSSR count). The number of ether oxygens (including phenoxy) is 1. The quantitative estimate of drug-likeness (QED) is 0.675. The molecule has 0 atom stereocenters. The van der Waals surface area contributed by atoms with Crippen molar-refractivity contribution in [3.05, 3.63) is 29.8 Å². The molecule has 7 nitrogen and oxygen atoms in total. The summed E-state index contributed by atoms with van der Waals surface area (Å²) in [6.07, 6.45) is -0.00916. The van der Waals surface area contributed by atoms with Crippen molar-refractivity contribution in [1.82, 2.24) is 10.6 Å². The minimum Gasteiger partial charge on any atom is -0.491 e. The third-order valence-electron chi connectivity index (χ3n) is 2.31. The first kappa shape index (κ1) is 16.5. The second-order valence-corrected chi connectivity index (χ2v) is 4.55. The van der Waals surface area contributed by atoms with E-state index in [-0.39, 0.29) is 12.6 Å². The first-order chi connectivity index (χ1) is 9.88. The molecule has 1 aromatic rings. The Kier molecular flexibility index (Phi) is 6.19. The zero-order valence-corrected chi connectivity index (χ0v) is 11.9. The van der Waals surface area contributed by atoms with Crippen LogP contribution < -0.4 is 15.4 Å². The van der Waals surface area contributed by atoms with Gasteiger partial charge in [-0.2, -0.15) is 0 Å². The predicted octanol–water partition coefficient (Wildman–Crippen LogP) is 0.404. The molecular formula is C14H18N2O5. The second-order valence-electron chi connectivity index (χ2n) is 4.55. The molecule has 0 saturated heterocycles. The van der Waals surface area contributed by atoms with Crippen molar-refractivity contribution in [1.29, 1.82) is 0 Å². The summed E-state index contributed by atoms with van der Waals surface area (Å²) in [5, 5.41) is 13.0. The Labute approximate surface area is 122 Å². The highest BCUT2D eigenvalue weighted by Crippen LogP contribution is 2.14. The topological polar surface area (TPSA) is 105 Å². The van der Waals surface area contributed by atoms with Crippen LogP contribution in [0.2, 0.25) is 0 Å². The third kappa shape index (κ3) is 6.42. The van der Waals surface area contributed by atoms with Crippen LogP contribution in [0.4, 0.5) is 0 Å². The van der Waals surface area contributed by atoms with Crippen molar-refractivity contribution in [3.8, 4) is 5.75 Å². The molecule has 0 fully saturated rings. The first-order valence-corrected chi connectivity index (χ1v) is 6.42. The van der Waals surface area contributed by atoms with Gasteiger partial charge in [0.15, 0.2) is 0 Å². The van der Waals surface area contributed by atoms with E-state index in [0.29, 0.717) is 11.3 Å². The smallest absolute Gasteiger partial charge is 0.322 e. The number of hydrogen-bond donors (Lipinski definition) is 3. The Bertz CT molecular complexity index is 528. The lowest BCUT2D eigenvalue weighted by Gasteiger charge is -2.11. The second kappa shape index (κ2) is 7.88. The molecule has 7 heteroatoms. The van der Waals surface area contributed by atoms with E-state index in [1.807, 2.05) is 13.8 Å². The maximum atomic E-state index is 11.9. The zero-order chi connectivity index (χ0) is 15.8. The van der Waals surface area contributed by atoms with Crippen molar-refractivity contribution in [3.63, 3.8) is 0 Å². The Morgan fingerprint density at radius 3 is 2.52 bits per heavy atom. The molecule has 0 heterocycles. The van der Waals surface area contributed by atoms with Crippen LogP contribution in [0.3, 0.4) is 0 Å². The number of carbonyl (C=O) groups excluding carboxylic acids is 2. The van der Waals surface area contributed by atoms with E-state index in [1.165, 1.54) is 0 Å². The average molecular weight is 294 g/mol. The summed E-state index contributed by atoms with van der Waals surface area (Å²) in [5.74, 6) is -1.59. The Balaban J connectivity index is 2.52. The van der Waals surface area contributed by atoms with Crippen LogP contribution in [-0.4, -0.2) is 42.1 Å². The first-order valence-electron chi connectivity index (χ1n) is 6.42. The molecule has 0 aliphatic rings. The molecule has 0 bridgehead atoms. The van der Waals surface area contributed by atoms with E-state index in [9.17, 15) is 14.4 Å². The van der Waals surface area contributed by atoms with Crippen LogP contribution in [0.5, 0.6) is 5.75 Å². The number of nitrogens with one attached hydrogen (secondary N) is 2. The molecule has 2 amide bonds. The molecule has 0 radical (unpaired) electrons. The number of hydrogen-bond acceptors (Lipinski definition) is 4. The maximum Gasteiger partial charge on any atom is 0.322 e. The number of rotatable bonds is 7. The highest BCUT2D eigenvalue weighted by molar-refractivity contribution is 5.97. The molecule has 0 aliphatic carbocycles. The number of benzene rings is 1. The van der Waals surface area contributed by atoms with Crippen LogP contribution in [0.15, 0.2) is 24.3 Å². The van der Waals surface area contributed by atoms with Gasteiger partial charge in [-0.15, -0.1) is 0 Å². The van der Waals surface area contributed by atoms with Crippen molar-refractivity contribution in [2.75, 3.05) is 13.1 Å². The minimum absolute atomic E-state index is 0.00916. The maximum absolute atomic E-state index is 11.9. The summed E-state index contributed by atoms with van der Waals surface area (Å²) in [6, 6.07) is 6.58. The Morgan fingerprint density at radius 2 is 1.90 bits per heavy atom. The van der Waals surface area contributed by atoms with E-state index < -0.39 is 24.3 Å². The summed E-state index contributed by atoms with van der Waals surface area (Å²) in [4.78, 5) is 33.4. The lowest BCUT2D eigenvalue weighted by Crippen LogP contribution is -2.39. The molecule has 0 unspecified atom stereocenters. The number of carboxylic acid groups (broad SMARTS) is 1. The van der Waals surface area contributed by atoms with E-state index in [2.05, 4.69) is 10.6 Å². The van der Waals surface area contributed by atoms with E-state index >= 15 is 0 Å². The van der Waals surface area contributed by atoms with Gasteiger partial charge in [-0.25, -0.2) is 0 Å². The lowest BCUT2D eigenvalue weighted by molar-refractivity contribution is -0.137. The largest absolute Gasteiger partial charge is 0.491 e. The van der Waals surface area contributed by atoms with Crippen LogP contribution in [0, 0.1) is 0 Å². The van der Waals surface area contributed by atoms with Gasteiger partial charge in [0.05, 0.1) is 12.6 Å². The Hall–Kier alpha value is -2.57. The van der Waals surface area contributed by atoms with Crippen LogP contribution in [-0.2, 0) is 9.59 Å². The highest BCUT2D eigenvalue weighted by Gasteiger charge is 2.10. The van der Waals surface area contributed by atoms with Crippen molar-refractivity contribution >= 4 is 17.8 Å². The summed E-state index contributed by atoms with van der Waals surface area (Å²) in [5.41, 5.74) is 0.360. The number of carbonyl (C=O) groups is 3. The SMILES string of the molecule is CC(C)Oc1cccc(C(=O)NCC(=O)NCC(=O)O)c1. The molecule has 21 heavy (non-hydrogen) atoms. The van der Waals surface area contributed by atoms with Gasteiger partial charge < -0.3 is 20.5 Å². The average Bonchev–Trinajstić information content (AvgIpc) is 2.42. The zero-order valence-electron chi connectivity index (χ0n) is 11.9. The normalized spacial score (nSPS) is 10.0. The molecule has 3 N–H and O–H groups in total. The van der Waals surface area contributed by atoms with E-state index in [4.69, 9.17) is 9.84 Å². The molecule has 0 saturated carbocycles.